The van der Waals surface area contributed by atoms with Crippen molar-refractivity contribution in [2.24, 2.45) is 5.73 Å². The Morgan fingerprint density at radius 3 is 2.14 bits per heavy atom. The van der Waals surface area contributed by atoms with Crippen LogP contribution in [0, 0.1) is 0 Å². The minimum absolute atomic E-state index is 0.219. The highest BCUT2D eigenvalue weighted by atomic mass is 16.5. The van der Waals surface area contributed by atoms with Gasteiger partial charge in [-0.2, -0.15) is 0 Å². The summed E-state index contributed by atoms with van der Waals surface area (Å²) in [6, 6.07) is 15.0. The molecule has 0 aromatic heterocycles. The van der Waals surface area contributed by atoms with Gasteiger partial charge >= 0.3 is 11.9 Å². The topological polar surface area (TPSA) is 119 Å². The maximum Gasteiger partial charge on any atom is 0.328 e. The number of amides is 1. The number of carboxylic acid groups (broad SMARTS) is 1. The summed E-state index contributed by atoms with van der Waals surface area (Å²) in [5.41, 5.74) is 8.22. The Kier molecular flexibility index (Phi) is 8.36. The molecule has 0 aliphatic rings. The predicted molar refractivity (Wildman–Crippen MR) is 108 cm³/mol. The lowest BCUT2D eigenvalue weighted by molar-refractivity contribution is -0.145. The highest BCUT2D eigenvalue weighted by Crippen LogP contribution is 2.10. The van der Waals surface area contributed by atoms with Gasteiger partial charge in [0.1, 0.15) is 12.1 Å². The summed E-state index contributed by atoms with van der Waals surface area (Å²) in [5, 5.41) is 11.6. The van der Waals surface area contributed by atoms with Gasteiger partial charge in [-0.3, -0.25) is 9.59 Å². The van der Waals surface area contributed by atoms with E-state index in [9.17, 15) is 14.4 Å². The molecule has 0 saturated heterocycles. The molecule has 7 nitrogen and oxygen atoms in total. The number of nitrogens with one attached hydrogen (secondary N) is 1. The van der Waals surface area contributed by atoms with E-state index in [1.54, 1.807) is 0 Å². The molecule has 4 N–H and O–H groups in total. The Balaban J connectivity index is 1.88. The first-order valence-electron chi connectivity index (χ1n) is 9.36. The molecule has 7 heteroatoms. The van der Waals surface area contributed by atoms with E-state index in [0.717, 1.165) is 16.7 Å². The average molecular weight is 398 g/mol. The number of nitrogens with two attached hydrogens (primary N) is 1. The summed E-state index contributed by atoms with van der Waals surface area (Å²) in [4.78, 5) is 35.2. The first kappa shape index (κ1) is 22.1. The van der Waals surface area contributed by atoms with Crippen LogP contribution in [0.15, 0.2) is 54.6 Å². The van der Waals surface area contributed by atoms with Crippen LogP contribution in [0.25, 0.3) is 0 Å². The van der Waals surface area contributed by atoms with Crippen molar-refractivity contribution in [3.05, 3.63) is 71.3 Å². The van der Waals surface area contributed by atoms with Crippen molar-refractivity contribution in [3.63, 3.8) is 0 Å². The van der Waals surface area contributed by atoms with Crippen LogP contribution in [-0.4, -0.2) is 42.1 Å². The van der Waals surface area contributed by atoms with E-state index in [-0.39, 0.29) is 18.7 Å². The third-order valence-corrected chi connectivity index (χ3v) is 4.54. The summed E-state index contributed by atoms with van der Waals surface area (Å²) in [6.45, 7) is 0. The maximum atomic E-state index is 12.3. The zero-order valence-corrected chi connectivity index (χ0v) is 16.3. The standard InChI is InChI=1S/C22H26N2O5/c1-29-22(28)19(14-16-5-3-2-4-6-16)24-20(25)12-11-15-7-9-17(10-8-15)13-18(23)21(26)27/h2-10,18-19H,11-14,23H2,1H3,(H,24,25)(H,26,27)/t18-,19?/m0/s1. The normalized spacial score (nSPS) is 12.6. The number of aryl methyl sites for hydroxylation is 1. The summed E-state index contributed by atoms with van der Waals surface area (Å²) in [6.07, 6.45) is 1.32. The van der Waals surface area contributed by atoms with Gasteiger partial charge in [-0.1, -0.05) is 54.6 Å². The second-order valence-electron chi connectivity index (χ2n) is 6.80. The number of carbonyl (C=O) groups is 3. The lowest BCUT2D eigenvalue weighted by atomic mass is 10.0. The summed E-state index contributed by atoms with van der Waals surface area (Å²) >= 11 is 0. The number of carboxylic acids is 1. The molecule has 29 heavy (non-hydrogen) atoms. The molecular weight excluding hydrogens is 372 g/mol. The number of aliphatic carboxylic acids is 1. The smallest absolute Gasteiger partial charge is 0.328 e. The summed E-state index contributed by atoms with van der Waals surface area (Å²) < 4.78 is 4.80. The fourth-order valence-electron chi connectivity index (χ4n) is 2.89. The third kappa shape index (κ3) is 7.38. The molecule has 0 radical (unpaired) electrons. The minimum atomic E-state index is -1.04. The van der Waals surface area contributed by atoms with Gasteiger partial charge in [-0.15, -0.1) is 0 Å². The molecule has 0 spiro atoms. The van der Waals surface area contributed by atoms with Gasteiger partial charge in [0.05, 0.1) is 7.11 Å². The molecule has 0 aliphatic carbocycles. The number of ether oxygens (including phenoxy) is 1. The lowest BCUT2D eigenvalue weighted by Gasteiger charge is -2.16. The van der Waals surface area contributed by atoms with E-state index in [1.165, 1.54) is 7.11 Å². The first-order chi connectivity index (χ1) is 13.9. The number of esters is 1. The van der Waals surface area contributed by atoms with Crippen LogP contribution >= 0.6 is 0 Å². The van der Waals surface area contributed by atoms with Crippen molar-refractivity contribution in [2.75, 3.05) is 7.11 Å². The summed E-state index contributed by atoms with van der Waals surface area (Å²) in [5.74, 6) is -1.77. The van der Waals surface area contributed by atoms with Crippen molar-refractivity contribution >= 4 is 17.8 Å². The second-order valence-corrected chi connectivity index (χ2v) is 6.80. The quantitative estimate of drug-likeness (QED) is 0.522. The van der Waals surface area contributed by atoms with Crippen molar-refractivity contribution in [3.8, 4) is 0 Å². The first-order valence-corrected chi connectivity index (χ1v) is 9.36. The van der Waals surface area contributed by atoms with Crippen LogP contribution in [0.4, 0.5) is 0 Å². The van der Waals surface area contributed by atoms with E-state index in [0.29, 0.717) is 12.8 Å². The van der Waals surface area contributed by atoms with E-state index in [4.69, 9.17) is 15.6 Å². The van der Waals surface area contributed by atoms with E-state index >= 15 is 0 Å². The Morgan fingerprint density at radius 2 is 1.55 bits per heavy atom. The average Bonchev–Trinajstić information content (AvgIpc) is 2.72. The largest absolute Gasteiger partial charge is 0.480 e. The van der Waals surface area contributed by atoms with Gasteiger partial charge < -0.3 is 20.9 Å². The molecule has 0 aliphatic heterocycles. The van der Waals surface area contributed by atoms with E-state index < -0.39 is 24.0 Å². The third-order valence-electron chi connectivity index (χ3n) is 4.54. The Hall–Kier alpha value is -3.19. The number of carbonyl (C=O) groups excluding carboxylic acids is 2. The predicted octanol–water partition coefficient (Wildman–Crippen LogP) is 1.47. The lowest BCUT2D eigenvalue weighted by Crippen LogP contribution is -2.43. The molecule has 2 atom stereocenters. The molecule has 154 valence electrons. The Labute approximate surface area is 169 Å². The highest BCUT2D eigenvalue weighted by Gasteiger charge is 2.21. The van der Waals surface area contributed by atoms with Crippen LogP contribution in [0.5, 0.6) is 0 Å². The fourth-order valence-corrected chi connectivity index (χ4v) is 2.89. The van der Waals surface area contributed by atoms with Crippen molar-refractivity contribution < 1.29 is 24.2 Å². The van der Waals surface area contributed by atoms with Crippen molar-refractivity contribution in [2.45, 2.75) is 37.8 Å². The molecule has 0 saturated carbocycles. The number of rotatable bonds is 10. The van der Waals surface area contributed by atoms with Crippen LogP contribution in [-0.2, 0) is 38.4 Å². The van der Waals surface area contributed by atoms with Gasteiger partial charge in [-0.25, -0.2) is 4.79 Å². The molecule has 2 aromatic rings. The molecular formula is C22H26N2O5. The van der Waals surface area contributed by atoms with Gasteiger partial charge in [0, 0.05) is 12.8 Å². The Morgan fingerprint density at radius 1 is 0.966 bits per heavy atom. The molecule has 0 fully saturated rings. The summed E-state index contributed by atoms with van der Waals surface area (Å²) in [7, 11) is 1.30. The van der Waals surface area contributed by atoms with Gasteiger partial charge in [0.2, 0.25) is 5.91 Å². The number of benzene rings is 2. The van der Waals surface area contributed by atoms with Crippen LogP contribution in [0.2, 0.25) is 0 Å². The highest BCUT2D eigenvalue weighted by molar-refractivity contribution is 5.84. The molecule has 1 unspecified atom stereocenters. The molecule has 1 amide bonds. The van der Waals surface area contributed by atoms with Gasteiger partial charge in [-0.05, 0) is 29.5 Å². The van der Waals surface area contributed by atoms with Gasteiger partial charge in [0.25, 0.3) is 0 Å². The minimum Gasteiger partial charge on any atom is -0.480 e. The van der Waals surface area contributed by atoms with E-state index in [2.05, 4.69) is 5.32 Å². The number of methoxy groups -OCH3 is 1. The molecule has 0 bridgehead atoms. The van der Waals surface area contributed by atoms with E-state index in [1.807, 2.05) is 54.6 Å². The van der Waals surface area contributed by atoms with Crippen molar-refractivity contribution in [1.82, 2.24) is 5.32 Å². The van der Waals surface area contributed by atoms with Crippen LogP contribution in [0.3, 0.4) is 0 Å². The zero-order chi connectivity index (χ0) is 21.2. The van der Waals surface area contributed by atoms with Crippen molar-refractivity contribution in [1.29, 1.82) is 0 Å². The molecule has 0 heterocycles. The fraction of sp³-hybridized carbons (Fsp3) is 0.318. The Bertz CT molecular complexity index is 821. The monoisotopic (exact) mass is 398 g/mol. The van der Waals surface area contributed by atoms with Crippen LogP contribution in [0.1, 0.15) is 23.1 Å². The number of hydrogen-bond acceptors (Lipinski definition) is 5. The zero-order valence-electron chi connectivity index (χ0n) is 16.3. The number of hydrogen-bond donors (Lipinski definition) is 3. The maximum absolute atomic E-state index is 12.3. The van der Waals surface area contributed by atoms with Crippen LogP contribution < -0.4 is 11.1 Å². The molecule has 2 aromatic carbocycles. The SMILES string of the molecule is COC(=O)C(Cc1ccccc1)NC(=O)CCc1ccc(C[C@H](N)C(=O)O)cc1. The van der Waals surface area contributed by atoms with Gasteiger partial charge in [0.15, 0.2) is 0 Å². The molecule has 2 rings (SSSR count). The second kappa shape index (κ2) is 11.0.